The molecule has 0 amide bonds. The van der Waals surface area contributed by atoms with Crippen LogP contribution < -0.4 is 10.6 Å². The standard InChI is InChI=1S/C18H15F2N5O2/c1-2-11-3-5-12(6-4-11)23-17-16(25(26)27)18(22-10-21-17)24-13-7-8-14(19)15(20)9-13/h3-10H,2H2,1H3,(H2,21,22,23,24). The van der Waals surface area contributed by atoms with Crippen LogP contribution in [0.15, 0.2) is 48.8 Å². The van der Waals surface area contributed by atoms with E-state index in [4.69, 9.17) is 0 Å². The predicted molar refractivity (Wildman–Crippen MR) is 97.4 cm³/mol. The zero-order chi connectivity index (χ0) is 19.4. The van der Waals surface area contributed by atoms with E-state index in [1.54, 1.807) is 12.1 Å². The second kappa shape index (κ2) is 7.73. The van der Waals surface area contributed by atoms with E-state index in [1.165, 1.54) is 6.07 Å². The molecule has 0 aliphatic carbocycles. The first-order valence-corrected chi connectivity index (χ1v) is 8.05. The van der Waals surface area contributed by atoms with Crippen molar-refractivity contribution < 1.29 is 13.7 Å². The molecule has 138 valence electrons. The molecule has 2 aromatic carbocycles. The number of benzene rings is 2. The molecule has 1 aromatic heterocycles. The number of aromatic nitrogens is 2. The van der Waals surface area contributed by atoms with Crippen molar-refractivity contribution in [3.63, 3.8) is 0 Å². The molecular weight excluding hydrogens is 356 g/mol. The predicted octanol–water partition coefficient (Wildman–Crippen LogP) is 4.71. The first-order valence-electron chi connectivity index (χ1n) is 8.05. The lowest BCUT2D eigenvalue weighted by Gasteiger charge is -2.10. The smallest absolute Gasteiger partial charge is 0.334 e. The van der Waals surface area contributed by atoms with Crippen LogP contribution in [-0.4, -0.2) is 14.9 Å². The second-order valence-corrected chi connectivity index (χ2v) is 5.61. The Morgan fingerprint density at radius 3 is 2.11 bits per heavy atom. The summed E-state index contributed by atoms with van der Waals surface area (Å²) in [5, 5.41) is 17.1. The Bertz CT molecular complexity index is 980. The number of halogens is 2. The summed E-state index contributed by atoms with van der Waals surface area (Å²) in [6.07, 6.45) is 2.01. The maximum Gasteiger partial charge on any atom is 0.353 e. The maximum atomic E-state index is 13.4. The fraction of sp³-hybridized carbons (Fsp3) is 0.111. The molecule has 0 saturated carbocycles. The van der Waals surface area contributed by atoms with Crippen molar-refractivity contribution in [1.29, 1.82) is 0 Å². The molecule has 9 heteroatoms. The lowest BCUT2D eigenvalue weighted by Crippen LogP contribution is -2.05. The van der Waals surface area contributed by atoms with Gasteiger partial charge in [-0.2, -0.15) is 0 Å². The highest BCUT2D eigenvalue weighted by Crippen LogP contribution is 2.33. The van der Waals surface area contributed by atoms with Crippen molar-refractivity contribution in [2.24, 2.45) is 0 Å². The number of nitrogens with one attached hydrogen (secondary N) is 2. The van der Waals surface area contributed by atoms with E-state index < -0.39 is 22.2 Å². The number of rotatable bonds is 6. The van der Waals surface area contributed by atoms with Gasteiger partial charge < -0.3 is 10.6 Å². The third-order valence-electron chi connectivity index (χ3n) is 3.81. The average molecular weight is 371 g/mol. The largest absolute Gasteiger partial charge is 0.353 e. The Hall–Kier alpha value is -3.62. The van der Waals surface area contributed by atoms with E-state index in [9.17, 15) is 18.9 Å². The fourth-order valence-corrected chi connectivity index (χ4v) is 2.41. The molecule has 0 saturated heterocycles. The molecule has 7 nitrogen and oxygen atoms in total. The zero-order valence-corrected chi connectivity index (χ0v) is 14.2. The van der Waals surface area contributed by atoms with Crippen molar-refractivity contribution in [1.82, 2.24) is 9.97 Å². The van der Waals surface area contributed by atoms with Crippen molar-refractivity contribution in [2.45, 2.75) is 13.3 Å². The molecule has 27 heavy (non-hydrogen) atoms. The van der Waals surface area contributed by atoms with Gasteiger partial charge in [0.15, 0.2) is 11.6 Å². The number of nitrogens with zero attached hydrogens (tertiary/aromatic N) is 3. The first kappa shape index (κ1) is 18.2. The SMILES string of the molecule is CCc1ccc(Nc2ncnc(Nc3ccc(F)c(F)c3)c2[N+](=O)[O-])cc1. The molecule has 0 unspecified atom stereocenters. The van der Waals surface area contributed by atoms with Crippen molar-refractivity contribution >= 4 is 28.7 Å². The van der Waals surface area contributed by atoms with Gasteiger partial charge in [0, 0.05) is 17.4 Å². The van der Waals surface area contributed by atoms with Gasteiger partial charge in [0.1, 0.15) is 6.33 Å². The second-order valence-electron chi connectivity index (χ2n) is 5.61. The van der Waals surface area contributed by atoms with Crippen LogP contribution in [-0.2, 0) is 6.42 Å². The molecule has 3 rings (SSSR count). The van der Waals surface area contributed by atoms with E-state index >= 15 is 0 Å². The summed E-state index contributed by atoms with van der Waals surface area (Å²) in [6, 6.07) is 10.4. The minimum atomic E-state index is -1.08. The number of hydrogen-bond acceptors (Lipinski definition) is 6. The van der Waals surface area contributed by atoms with Crippen LogP contribution in [0.2, 0.25) is 0 Å². The highest BCUT2D eigenvalue weighted by molar-refractivity contribution is 5.76. The van der Waals surface area contributed by atoms with Gasteiger partial charge in [-0.05, 0) is 36.2 Å². The van der Waals surface area contributed by atoms with Crippen molar-refractivity contribution in [2.75, 3.05) is 10.6 Å². The zero-order valence-electron chi connectivity index (χ0n) is 14.2. The molecule has 0 aliphatic rings. The van der Waals surface area contributed by atoms with E-state index in [0.29, 0.717) is 5.69 Å². The van der Waals surface area contributed by atoms with Crippen LogP contribution in [0.4, 0.5) is 37.5 Å². The number of nitro groups is 1. The van der Waals surface area contributed by atoms with E-state index in [0.717, 1.165) is 30.4 Å². The van der Waals surface area contributed by atoms with Crippen LogP contribution in [0.5, 0.6) is 0 Å². The number of anilines is 4. The van der Waals surface area contributed by atoms with Gasteiger partial charge in [-0.3, -0.25) is 10.1 Å². The Morgan fingerprint density at radius 2 is 1.56 bits per heavy atom. The maximum absolute atomic E-state index is 13.4. The fourth-order valence-electron chi connectivity index (χ4n) is 2.41. The van der Waals surface area contributed by atoms with Gasteiger partial charge >= 0.3 is 5.69 Å². The topological polar surface area (TPSA) is 93.0 Å². The van der Waals surface area contributed by atoms with Gasteiger partial charge in [0.25, 0.3) is 0 Å². The van der Waals surface area contributed by atoms with Crippen molar-refractivity contribution in [3.8, 4) is 0 Å². The highest BCUT2D eigenvalue weighted by Gasteiger charge is 2.23. The number of hydrogen-bond donors (Lipinski definition) is 2. The average Bonchev–Trinajstić information content (AvgIpc) is 2.65. The van der Waals surface area contributed by atoms with Gasteiger partial charge in [0.05, 0.1) is 4.92 Å². The monoisotopic (exact) mass is 371 g/mol. The molecule has 0 bridgehead atoms. The minimum absolute atomic E-state index is 0.0238. The molecule has 0 atom stereocenters. The molecular formula is C18H15F2N5O2. The lowest BCUT2D eigenvalue weighted by molar-refractivity contribution is -0.383. The molecule has 0 radical (unpaired) electrons. The molecule has 2 N–H and O–H groups in total. The normalized spacial score (nSPS) is 10.5. The Morgan fingerprint density at radius 1 is 0.963 bits per heavy atom. The Balaban J connectivity index is 1.94. The summed E-state index contributed by atoms with van der Waals surface area (Å²) in [5.41, 5.74) is 1.45. The van der Waals surface area contributed by atoms with Crippen LogP contribution in [0.3, 0.4) is 0 Å². The van der Waals surface area contributed by atoms with Gasteiger partial charge in [-0.15, -0.1) is 0 Å². The third kappa shape index (κ3) is 4.14. The Kier molecular flexibility index (Phi) is 5.20. The third-order valence-corrected chi connectivity index (χ3v) is 3.81. The lowest BCUT2D eigenvalue weighted by atomic mass is 10.1. The van der Waals surface area contributed by atoms with Crippen LogP contribution in [0.1, 0.15) is 12.5 Å². The highest BCUT2D eigenvalue weighted by atomic mass is 19.2. The van der Waals surface area contributed by atoms with Crippen LogP contribution >= 0.6 is 0 Å². The van der Waals surface area contributed by atoms with E-state index in [1.807, 2.05) is 19.1 Å². The van der Waals surface area contributed by atoms with Crippen molar-refractivity contribution in [3.05, 3.63) is 76.1 Å². The minimum Gasteiger partial charge on any atom is -0.334 e. The molecule has 0 spiro atoms. The summed E-state index contributed by atoms with van der Waals surface area (Å²) >= 11 is 0. The summed E-state index contributed by atoms with van der Waals surface area (Å²) in [4.78, 5) is 18.7. The Labute approximate surface area is 153 Å². The first-order chi connectivity index (χ1) is 13.0. The van der Waals surface area contributed by atoms with Gasteiger partial charge in [-0.1, -0.05) is 19.1 Å². The molecule has 1 heterocycles. The van der Waals surface area contributed by atoms with Crippen LogP contribution in [0.25, 0.3) is 0 Å². The summed E-state index contributed by atoms with van der Waals surface area (Å²) in [6.45, 7) is 2.02. The molecule has 0 aliphatic heterocycles. The van der Waals surface area contributed by atoms with E-state index in [2.05, 4.69) is 20.6 Å². The summed E-state index contributed by atoms with van der Waals surface area (Å²) in [7, 11) is 0. The number of aryl methyl sites for hydroxylation is 1. The summed E-state index contributed by atoms with van der Waals surface area (Å²) in [5.74, 6) is -2.26. The van der Waals surface area contributed by atoms with Gasteiger partial charge in [-0.25, -0.2) is 18.7 Å². The van der Waals surface area contributed by atoms with E-state index in [-0.39, 0.29) is 17.3 Å². The molecule has 0 fully saturated rings. The molecule has 3 aromatic rings. The van der Waals surface area contributed by atoms with Crippen LogP contribution in [0, 0.1) is 21.7 Å². The quantitative estimate of drug-likeness (QED) is 0.481. The van der Waals surface area contributed by atoms with Gasteiger partial charge in [0.2, 0.25) is 11.6 Å². The summed E-state index contributed by atoms with van der Waals surface area (Å²) < 4.78 is 26.4.